The van der Waals surface area contributed by atoms with Crippen molar-refractivity contribution in [3.8, 4) is 11.1 Å². The summed E-state index contributed by atoms with van der Waals surface area (Å²) in [6.45, 7) is 0. The third kappa shape index (κ3) is 3.70. The lowest BCUT2D eigenvalue weighted by Gasteiger charge is -2.14. The van der Waals surface area contributed by atoms with Gasteiger partial charge in [-0.15, -0.1) is 0 Å². The lowest BCUT2D eigenvalue weighted by Crippen LogP contribution is -2.05. The van der Waals surface area contributed by atoms with E-state index in [1.54, 1.807) is 6.08 Å². The number of nitrogens with one attached hydrogen (secondary N) is 1. The molecular weight excluding hydrogens is 296 g/mol. The summed E-state index contributed by atoms with van der Waals surface area (Å²) < 4.78 is 0. The second-order valence-corrected chi connectivity index (χ2v) is 5.36. The highest BCUT2D eigenvalue weighted by Gasteiger charge is 2.08. The topological polar surface area (TPSA) is 55.1 Å². The number of benzene rings is 3. The molecule has 0 aromatic heterocycles. The largest absolute Gasteiger partial charge is 0.366 e. The van der Waals surface area contributed by atoms with E-state index in [2.05, 4.69) is 11.4 Å². The Balaban J connectivity index is 2.03. The maximum Gasteiger partial charge on any atom is 0.241 e. The van der Waals surface area contributed by atoms with Crippen molar-refractivity contribution in [3.63, 3.8) is 0 Å². The Bertz CT molecular complexity index is 870. The summed E-state index contributed by atoms with van der Waals surface area (Å²) in [5.74, 6) is -0.458. The highest BCUT2D eigenvalue weighted by atomic mass is 16.1. The van der Waals surface area contributed by atoms with Crippen LogP contribution in [0.2, 0.25) is 0 Å². The molecule has 3 heteroatoms. The Labute approximate surface area is 141 Å². The highest BCUT2D eigenvalue weighted by molar-refractivity contribution is 5.93. The second kappa shape index (κ2) is 7.29. The molecule has 0 radical (unpaired) electrons. The van der Waals surface area contributed by atoms with Crippen LogP contribution in [0.3, 0.4) is 0 Å². The standard InChI is InChI=1S/C21H18N2O/c22-21(24)15-14-16-8-4-5-11-18(16)19-12-6-7-13-20(19)23-17-9-2-1-3-10-17/h1-15,23H,(H2,22,24)/b15-14+. The van der Waals surface area contributed by atoms with Gasteiger partial charge in [0.25, 0.3) is 0 Å². The predicted molar refractivity (Wildman–Crippen MR) is 99.8 cm³/mol. The van der Waals surface area contributed by atoms with Crippen LogP contribution >= 0.6 is 0 Å². The molecule has 3 nitrogen and oxygen atoms in total. The average Bonchev–Trinajstić information content (AvgIpc) is 2.62. The van der Waals surface area contributed by atoms with Gasteiger partial charge in [0.1, 0.15) is 0 Å². The number of hydrogen-bond acceptors (Lipinski definition) is 2. The fraction of sp³-hybridized carbons (Fsp3) is 0. The van der Waals surface area contributed by atoms with Gasteiger partial charge < -0.3 is 11.1 Å². The van der Waals surface area contributed by atoms with Crippen LogP contribution in [0.1, 0.15) is 5.56 Å². The summed E-state index contributed by atoms with van der Waals surface area (Å²) in [5.41, 5.74) is 10.3. The van der Waals surface area contributed by atoms with Gasteiger partial charge in [-0.2, -0.15) is 0 Å². The molecule has 3 aromatic rings. The SMILES string of the molecule is NC(=O)/C=C/c1ccccc1-c1ccccc1Nc1ccccc1. The summed E-state index contributed by atoms with van der Waals surface area (Å²) in [5, 5.41) is 3.45. The molecule has 0 aliphatic heterocycles. The van der Waals surface area contributed by atoms with Crippen LogP contribution in [0.15, 0.2) is 84.9 Å². The zero-order chi connectivity index (χ0) is 16.8. The van der Waals surface area contributed by atoms with Gasteiger partial charge >= 0.3 is 0 Å². The van der Waals surface area contributed by atoms with Crippen molar-refractivity contribution in [1.82, 2.24) is 0 Å². The second-order valence-electron chi connectivity index (χ2n) is 5.36. The van der Waals surface area contributed by atoms with Gasteiger partial charge in [0.2, 0.25) is 5.91 Å². The van der Waals surface area contributed by atoms with E-state index < -0.39 is 5.91 Å². The molecule has 0 heterocycles. The number of amides is 1. The summed E-state index contributed by atoms with van der Waals surface area (Å²) in [6.07, 6.45) is 3.13. The number of rotatable bonds is 5. The van der Waals surface area contributed by atoms with E-state index in [0.29, 0.717) is 0 Å². The fourth-order valence-corrected chi connectivity index (χ4v) is 2.56. The molecule has 0 saturated heterocycles. The zero-order valence-electron chi connectivity index (χ0n) is 13.1. The number of para-hydroxylation sites is 2. The van der Waals surface area contributed by atoms with E-state index >= 15 is 0 Å². The van der Waals surface area contributed by atoms with Crippen molar-refractivity contribution in [2.75, 3.05) is 5.32 Å². The Hall–Kier alpha value is -3.33. The first-order valence-electron chi connectivity index (χ1n) is 7.72. The summed E-state index contributed by atoms with van der Waals surface area (Å²) in [4.78, 5) is 11.1. The number of anilines is 2. The average molecular weight is 314 g/mol. The van der Waals surface area contributed by atoms with Crippen LogP contribution in [-0.2, 0) is 4.79 Å². The number of nitrogens with two attached hydrogens (primary N) is 1. The van der Waals surface area contributed by atoms with Crippen LogP contribution in [-0.4, -0.2) is 5.91 Å². The fourth-order valence-electron chi connectivity index (χ4n) is 2.56. The minimum atomic E-state index is -0.458. The quantitative estimate of drug-likeness (QED) is 0.676. The van der Waals surface area contributed by atoms with Crippen LogP contribution < -0.4 is 11.1 Å². The van der Waals surface area contributed by atoms with Crippen molar-refractivity contribution in [2.24, 2.45) is 5.73 Å². The van der Waals surface area contributed by atoms with Gasteiger partial charge in [-0.3, -0.25) is 4.79 Å². The van der Waals surface area contributed by atoms with Gasteiger partial charge in [-0.1, -0.05) is 60.7 Å². The first-order valence-corrected chi connectivity index (χ1v) is 7.72. The van der Waals surface area contributed by atoms with E-state index in [-0.39, 0.29) is 0 Å². The first kappa shape index (κ1) is 15.6. The number of carbonyl (C=O) groups is 1. The van der Waals surface area contributed by atoms with Crippen LogP contribution in [0, 0.1) is 0 Å². The molecule has 0 aliphatic rings. The molecule has 0 bridgehead atoms. The van der Waals surface area contributed by atoms with Crippen LogP contribution in [0.5, 0.6) is 0 Å². The Morgan fingerprint density at radius 2 is 1.42 bits per heavy atom. The molecule has 1 amide bonds. The Morgan fingerprint density at radius 1 is 0.792 bits per heavy atom. The van der Waals surface area contributed by atoms with Crippen molar-refractivity contribution < 1.29 is 4.79 Å². The van der Waals surface area contributed by atoms with E-state index in [9.17, 15) is 4.79 Å². The Kier molecular flexibility index (Phi) is 4.73. The van der Waals surface area contributed by atoms with Gasteiger partial charge in [0, 0.05) is 23.0 Å². The monoisotopic (exact) mass is 314 g/mol. The molecule has 0 fully saturated rings. The Morgan fingerprint density at radius 3 is 2.17 bits per heavy atom. The van der Waals surface area contributed by atoms with Crippen molar-refractivity contribution in [2.45, 2.75) is 0 Å². The van der Waals surface area contributed by atoms with Crippen molar-refractivity contribution in [3.05, 3.63) is 90.5 Å². The minimum absolute atomic E-state index is 0.458. The van der Waals surface area contributed by atoms with Crippen molar-refractivity contribution in [1.29, 1.82) is 0 Å². The van der Waals surface area contributed by atoms with E-state index in [0.717, 1.165) is 28.1 Å². The molecule has 118 valence electrons. The first-order chi connectivity index (χ1) is 11.7. The lowest BCUT2D eigenvalue weighted by atomic mass is 9.97. The molecule has 24 heavy (non-hydrogen) atoms. The van der Waals surface area contributed by atoms with E-state index in [4.69, 9.17) is 5.73 Å². The van der Waals surface area contributed by atoms with Gasteiger partial charge in [0.05, 0.1) is 0 Å². The summed E-state index contributed by atoms with van der Waals surface area (Å²) in [7, 11) is 0. The van der Waals surface area contributed by atoms with Gasteiger partial charge in [-0.05, 0) is 35.4 Å². The zero-order valence-corrected chi connectivity index (χ0v) is 13.1. The lowest BCUT2D eigenvalue weighted by molar-refractivity contribution is -0.113. The molecule has 3 N–H and O–H groups in total. The van der Waals surface area contributed by atoms with E-state index in [1.165, 1.54) is 6.08 Å². The minimum Gasteiger partial charge on any atom is -0.366 e. The molecule has 0 saturated carbocycles. The molecule has 0 aliphatic carbocycles. The third-order valence-electron chi connectivity index (χ3n) is 3.66. The maximum absolute atomic E-state index is 11.1. The normalized spacial score (nSPS) is 10.7. The molecule has 0 atom stereocenters. The van der Waals surface area contributed by atoms with Gasteiger partial charge in [-0.25, -0.2) is 0 Å². The number of primary amides is 1. The van der Waals surface area contributed by atoms with Crippen LogP contribution in [0.25, 0.3) is 17.2 Å². The van der Waals surface area contributed by atoms with Crippen LogP contribution in [0.4, 0.5) is 11.4 Å². The molecule has 0 unspecified atom stereocenters. The molecule has 3 aromatic carbocycles. The summed E-state index contributed by atoms with van der Waals surface area (Å²) in [6, 6.07) is 26.0. The highest BCUT2D eigenvalue weighted by Crippen LogP contribution is 2.33. The van der Waals surface area contributed by atoms with Gasteiger partial charge in [0.15, 0.2) is 0 Å². The number of carbonyl (C=O) groups excluding carboxylic acids is 1. The molecule has 0 spiro atoms. The maximum atomic E-state index is 11.1. The summed E-state index contributed by atoms with van der Waals surface area (Å²) >= 11 is 0. The molecule has 3 rings (SSSR count). The predicted octanol–water partition coefficient (Wildman–Crippen LogP) is 4.60. The number of hydrogen-bond donors (Lipinski definition) is 2. The van der Waals surface area contributed by atoms with E-state index in [1.807, 2.05) is 72.8 Å². The third-order valence-corrected chi connectivity index (χ3v) is 3.66. The molecular formula is C21H18N2O. The smallest absolute Gasteiger partial charge is 0.241 e. The van der Waals surface area contributed by atoms with Crippen molar-refractivity contribution >= 4 is 23.4 Å².